The van der Waals surface area contributed by atoms with Gasteiger partial charge in [0.15, 0.2) is 11.5 Å². The van der Waals surface area contributed by atoms with Crippen molar-refractivity contribution in [2.45, 2.75) is 19.1 Å². The van der Waals surface area contributed by atoms with Crippen molar-refractivity contribution in [1.82, 2.24) is 4.98 Å². The number of aromatic nitrogens is 1. The molecule has 0 aliphatic carbocycles. The van der Waals surface area contributed by atoms with Crippen LogP contribution < -0.4 is 15.2 Å². The van der Waals surface area contributed by atoms with Gasteiger partial charge in [-0.15, -0.1) is 0 Å². The highest BCUT2D eigenvalue weighted by atomic mass is 19.1. The van der Waals surface area contributed by atoms with E-state index in [4.69, 9.17) is 15.2 Å². The van der Waals surface area contributed by atoms with Gasteiger partial charge >= 0.3 is 0 Å². The molecule has 0 bridgehead atoms. The lowest BCUT2D eigenvalue weighted by Gasteiger charge is -2.15. The van der Waals surface area contributed by atoms with Crippen molar-refractivity contribution in [3.63, 3.8) is 0 Å². The first kappa shape index (κ1) is 17.9. The zero-order valence-electron chi connectivity index (χ0n) is 14.6. The van der Waals surface area contributed by atoms with Gasteiger partial charge in [-0.2, -0.15) is 0 Å². The van der Waals surface area contributed by atoms with Crippen LogP contribution in [0.15, 0.2) is 66.9 Å². The molecule has 0 aliphatic rings. The lowest BCUT2D eigenvalue weighted by atomic mass is 10.0. The van der Waals surface area contributed by atoms with Crippen LogP contribution in [0.1, 0.15) is 22.9 Å². The third kappa shape index (κ3) is 4.37. The van der Waals surface area contributed by atoms with Gasteiger partial charge in [-0.3, -0.25) is 4.98 Å². The molecule has 1 aromatic heterocycles. The van der Waals surface area contributed by atoms with E-state index in [2.05, 4.69) is 4.98 Å². The largest absolute Gasteiger partial charge is 0.493 e. The fourth-order valence-electron chi connectivity index (χ4n) is 2.68. The van der Waals surface area contributed by atoms with Crippen molar-refractivity contribution >= 4 is 0 Å². The number of nitrogens with two attached hydrogens (primary N) is 1. The smallest absolute Gasteiger partial charge is 0.161 e. The van der Waals surface area contributed by atoms with Crippen LogP contribution in [-0.2, 0) is 13.0 Å². The summed E-state index contributed by atoms with van der Waals surface area (Å²) in [5.41, 5.74) is 8.58. The summed E-state index contributed by atoms with van der Waals surface area (Å²) in [6.45, 7) is 0.135. The van der Waals surface area contributed by atoms with E-state index in [9.17, 15) is 4.39 Å². The number of benzene rings is 2. The Morgan fingerprint density at radius 1 is 1.04 bits per heavy atom. The Labute approximate surface area is 152 Å². The minimum absolute atomic E-state index is 0.135. The summed E-state index contributed by atoms with van der Waals surface area (Å²) in [6.07, 6.45) is 2.36. The topological polar surface area (TPSA) is 57.4 Å². The highest BCUT2D eigenvalue weighted by Crippen LogP contribution is 2.30. The second-order valence-electron chi connectivity index (χ2n) is 5.93. The van der Waals surface area contributed by atoms with Crippen molar-refractivity contribution in [2.75, 3.05) is 7.11 Å². The van der Waals surface area contributed by atoms with Gasteiger partial charge in [-0.25, -0.2) is 4.39 Å². The van der Waals surface area contributed by atoms with Crippen LogP contribution in [0.25, 0.3) is 0 Å². The summed E-state index contributed by atoms with van der Waals surface area (Å²) in [4.78, 5) is 4.29. The SMILES string of the molecule is COc1cc(CC(N)c2ccccn2)ccc1OCc1ccccc1F. The van der Waals surface area contributed by atoms with Crippen molar-refractivity contribution < 1.29 is 13.9 Å². The quantitative estimate of drug-likeness (QED) is 0.697. The van der Waals surface area contributed by atoms with Gasteiger partial charge in [0, 0.05) is 11.8 Å². The summed E-state index contributed by atoms with van der Waals surface area (Å²) in [5, 5.41) is 0. The molecule has 1 atom stereocenters. The highest BCUT2D eigenvalue weighted by molar-refractivity contribution is 5.43. The molecule has 26 heavy (non-hydrogen) atoms. The molecule has 0 saturated heterocycles. The molecule has 4 nitrogen and oxygen atoms in total. The van der Waals surface area contributed by atoms with E-state index in [0.717, 1.165) is 11.3 Å². The number of halogens is 1. The summed E-state index contributed by atoms with van der Waals surface area (Å²) < 4.78 is 24.9. The van der Waals surface area contributed by atoms with Crippen molar-refractivity contribution in [3.8, 4) is 11.5 Å². The second-order valence-corrected chi connectivity index (χ2v) is 5.93. The van der Waals surface area contributed by atoms with E-state index in [1.807, 2.05) is 36.4 Å². The van der Waals surface area contributed by atoms with Crippen LogP contribution in [0.3, 0.4) is 0 Å². The maximum Gasteiger partial charge on any atom is 0.161 e. The Morgan fingerprint density at radius 3 is 2.58 bits per heavy atom. The lowest BCUT2D eigenvalue weighted by Crippen LogP contribution is -2.14. The normalized spacial score (nSPS) is 11.8. The first-order chi connectivity index (χ1) is 12.7. The third-order valence-electron chi connectivity index (χ3n) is 4.09. The van der Waals surface area contributed by atoms with Crippen molar-refractivity contribution in [2.24, 2.45) is 5.73 Å². The first-order valence-electron chi connectivity index (χ1n) is 8.37. The molecule has 1 unspecified atom stereocenters. The average molecular weight is 352 g/mol. The molecular formula is C21H21FN2O2. The molecule has 2 N–H and O–H groups in total. The Bertz CT molecular complexity index is 856. The summed E-state index contributed by atoms with van der Waals surface area (Å²) in [5.74, 6) is 0.863. The fourth-order valence-corrected chi connectivity index (χ4v) is 2.68. The summed E-state index contributed by atoms with van der Waals surface area (Å²) in [7, 11) is 1.58. The van der Waals surface area contributed by atoms with Crippen molar-refractivity contribution in [1.29, 1.82) is 0 Å². The molecule has 0 saturated carbocycles. The van der Waals surface area contributed by atoms with E-state index in [-0.39, 0.29) is 18.5 Å². The van der Waals surface area contributed by atoms with Gasteiger partial charge < -0.3 is 15.2 Å². The van der Waals surface area contributed by atoms with Gasteiger partial charge in [0.25, 0.3) is 0 Å². The summed E-state index contributed by atoms with van der Waals surface area (Å²) in [6, 6.07) is 17.7. The lowest BCUT2D eigenvalue weighted by molar-refractivity contribution is 0.279. The van der Waals surface area contributed by atoms with Crippen LogP contribution in [-0.4, -0.2) is 12.1 Å². The summed E-state index contributed by atoms with van der Waals surface area (Å²) >= 11 is 0. The third-order valence-corrected chi connectivity index (χ3v) is 4.09. The number of rotatable bonds is 7. The van der Waals surface area contributed by atoms with Gasteiger partial charge in [-0.05, 0) is 42.3 Å². The van der Waals surface area contributed by atoms with E-state index < -0.39 is 0 Å². The van der Waals surface area contributed by atoms with Gasteiger partial charge in [-0.1, -0.05) is 30.3 Å². The molecule has 0 amide bonds. The number of hydrogen-bond donors (Lipinski definition) is 1. The predicted molar refractivity (Wildman–Crippen MR) is 98.6 cm³/mol. The van der Waals surface area contributed by atoms with Gasteiger partial charge in [0.1, 0.15) is 12.4 Å². The molecule has 134 valence electrons. The van der Waals surface area contributed by atoms with Crippen LogP contribution in [0.4, 0.5) is 4.39 Å². The molecule has 0 aliphatic heterocycles. The molecule has 1 heterocycles. The van der Waals surface area contributed by atoms with E-state index >= 15 is 0 Å². The molecule has 5 heteroatoms. The molecule has 3 aromatic rings. The maximum absolute atomic E-state index is 13.7. The Hall–Kier alpha value is -2.92. The Kier molecular flexibility index (Phi) is 5.81. The highest BCUT2D eigenvalue weighted by Gasteiger charge is 2.12. The first-order valence-corrected chi connectivity index (χ1v) is 8.37. The Balaban J connectivity index is 1.70. The van der Waals surface area contributed by atoms with Crippen LogP contribution >= 0.6 is 0 Å². The standard InChI is InChI=1S/C21H21FN2O2/c1-25-21-13-15(12-18(23)19-8-4-5-11-24-19)9-10-20(21)26-14-16-6-2-3-7-17(16)22/h2-11,13,18H,12,14,23H2,1H3. The monoisotopic (exact) mass is 352 g/mol. The Morgan fingerprint density at radius 2 is 1.85 bits per heavy atom. The molecule has 0 spiro atoms. The van der Waals surface area contributed by atoms with Gasteiger partial charge in [0.05, 0.1) is 18.8 Å². The number of methoxy groups -OCH3 is 1. The van der Waals surface area contributed by atoms with E-state index in [1.165, 1.54) is 6.07 Å². The molecular weight excluding hydrogens is 331 g/mol. The minimum Gasteiger partial charge on any atom is -0.493 e. The zero-order chi connectivity index (χ0) is 18.4. The number of pyridine rings is 1. The molecule has 3 rings (SSSR count). The van der Waals surface area contributed by atoms with Gasteiger partial charge in [0.2, 0.25) is 0 Å². The molecule has 2 aromatic carbocycles. The minimum atomic E-state index is -0.288. The second kappa shape index (κ2) is 8.45. The zero-order valence-corrected chi connectivity index (χ0v) is 14.6. The number of hydrogen-bond acceptors (Lipinski definition) is 4. The molecule has 0 fully saturated rings. The number of ether oxygens (including phenoxy) is 2. The predicted octanol–water partition coefficient (Wildman–Crippen LogP) is 4.05. The average Bonchev–Trinajstić information content (AvgIpc) is 2.68. The maximum atomic E-state index is 13.7. The van der Waals surface area contributed by atoms with Crippen molar-refractivity contribution in [3.05, 3.63) is 89.5 Å². The molecule has 0 radical (unpaired) electrons. The van der Waals surface area contributed by atoms with Crippen LogP contribution in [0.5, 0.6) is 11.5 Å². The van der Waals surface area contributed by atoms with E-state index in [0.29, 0.717) is 23.5 Å². The van der Waals surface area contributed by atoms with Crippen LogP contribution in [0.2, 0.25) is 0 Å². The number of nitrogens with zero attached hydrogens (tertiary/aromatic N) is 1. The van der Waals surface area contributed by atoms with E-state index in [1.54, 1.807) is 31.5 Å². The fraction of sp³-hybridized carbons (Fsp3) is 0.190. The van der Waals surface area contributed by atoms with Crippen LogP contribution in [0, 0.1) is 5.82 Å².